The monoisotopic (exact) mass is 298 g/mol. The zero-order chi connectivity index (χ0) is 15.7. The van der Waals surface area contributed by atoms with Crippen LogP contribution in [0.15, 0.2) is 42.5 Å². The summed E-state index contributed by atoms with van der Waals surface area (Å²) in [5.74, 6) is 1.33. The highest BCUT2D eigenvalue weighted by molar-refractivity contribution is 6.00. The summed E-state index contributed by atoms with van der Waals surface area (Å²) in [5.41, 5.74) is 8.13. The van der Waals surface area contributed by atoms with Crippen LogP contribution in [-0.2, 0) is 11.2 Å². The van der Waals surface area contributed by atoms with Gasteiger partial charge in [-0.3, -0.25) is 4.79 Å². The fourth-order valence-corrected chi connectivity index (χ4v) is 2.58. The molecular weight excluding hydrogens is 280 g/mol. The van der Waals surface area contributed by atoms with Crippen LogP contribution in [0.5, 0.6) is 11.5 Å². The zero-order valence-corrected chi connectivity index (χ0v) is 12.6. The third kappa shape index (κ3) is 2.57. The SMILES string of the molecule is COc1cccc(CC2Oc3cc(N)ccc3N(C)C2=O)c1. The van der Waals surface area contributed by atoms with Gasteiger partial charge in [-0.15, -0.1) is 0 Å². The lowest BCUT2D eigenvalue weighted by atomic mass is 10.0. The second-order valence-corrected chi connectivity index (χ2v) is 5.29. The van der Waals surface area contributed by atoms with E-state index in [4.69, 9.17) is 15.2 Å². The first-order chi connectivity index (χ1) is 10.6. The van der Waals surface area contributed by atoms with Gasteiger partial charge in [-0.05, 0) is 29.8 Å². The summed E-state index contributed by atoms with van der Waals surface area (Å²) in [5, 5.41) is 0. The number of carbonyl (C=O) groups is 1. The molecule has 1 amide bonds. The molecule has 2 aromatic rings. The van der Waals surface area contributed by atoms with Crippen molar-refractivity contribution in [1.29, 1.82) is 0 Å². The molecule has 0 radical (unpaired) electrons. The molecule has 1 unspecified atom stereocenters. The molecule has 1 atom stereocenters. The topological polar surface area (TPSA) is 64.8 Å². The number of nitrogen functional groups attached to an aromatic ring is 1. The number of nitrogens with two attached hydrogens (primary N) is 1. The summed E-state index contributed by atoms with van der Waals surface area (Å²) in [6.07, 6.45) is -0.0827. The molecule has 0 bridgehead atoms. The lowest BCUT2D eigenvalue weighted by molar-refractivity contribution is -0.125. The van der Waals surface area contributed by atoms with Crippen LogP contribution < -0.4 is 20.1 Å². The molecule has 5 nitrogen and oxygen atoms in total. The van der Waals surface area contributed by atoms with E-state index < -0.39 is 6.10 Å². The van der Waals surface area contributed by atoms with Gasteiger partial charge < -0.3 is 20.1 Å². The maximum atomic E-state index is 12.5. The lowest BCUT2D eigenvalue weighted by Crippen LogP contribution is -2.44. The largest absolute Gasteiger partial charge is 0.497 e. The molecule has 1 aliphatic heterocycles. The van der Waals surface area contributed by atoms with Crippen LogP contribution in [0.4, 0.5) is 11.4 Å². The summed E-state index contributed by atoms with van der Waals surface area (Å²) in [4.78, 5) is 14.1. The van der Waals surface area contributed by atoms with Crippen molar-refractivity contribution >= 4 is 17.3 Å². The van der Waals surface area contributed by atoms with Crippen LogP contribution in [0.2, 0.25) is 0 Å². The lowest BCUT2D eigenvalue weighted by Gasteiger charge is -2.32. The second-order valence-electron chi connectivity index (χ2n) is 5.29. The summed E-state index contributed by atoms with van der Waals surface area (Å²) < 4.78 is 11.1. The molecule has 1 aliphatic rings. The second kappa shape index (κ2) is 5.60. The highest BCUT2D eigenvalue weighted by Crippen LogP contribution is 2.35. The average molecular weight is 298 g/mol. The number of benzene rings is 2. The molecule has 2 N–H and O–H groups in total. The van der Waals surface area contributed by atoms with Crippen LogP contribution in [0.1, 0.15) is 5.56 Å². The van der Waals surface area contributed by atoms with Crippen molar-refractivity contribution in [1.82, 2.24) is 0 Å². The maximum Gasteiger partial charge on any atom is 0.268 e. The highest BCUT2D eigenvalue weighted by Gasteiger charge is 2.32. The quantitative estimate of drug-likeness (QED) is 0.883. The molecule has 0 fully saturated rings. The van der Waals surface area contributed by atoms with Crippen molar-refractivity contribution < 1.29 is 14.3 Å². The predicted molar refractivity (Wildman–Crippen MR) is 85.4 cm³/mol. The van der Waals surface area contributed by atoms with E-state index in [2.05, 4.69) is 0 Å². The first-order valence-corrected chi connectivity index (χ1v) is 7.05. The Kier molecular flexibility index (Phi) is 3.63. The minimum atomic E-state index is -0.564. The predicted octanol–water partition coefficient (Wildman–Crippen LogP) is 2.24. The van der Waals surface area contributed by atoms with E-state index in [0.29, 0.717) is 17.9 Å². The molecule has 0 aromatic heterocycles. The van der Waals surface area contributed by atoms with Gasteiger partial charge in [0.2, 0.25) is 0 Å². The van der Waals surface area contributed by atoms with Gasteiger partial charge in [0.25, 0.3) is 5.91 Å². The van der Waals surface area contributed by atoms with Gasteiger partial charge in [-0.25, -0.2) is 0 Å². The summed E-state index contributed by atoms with van der Waals surface area (Å²) in [6, 6.07) is 12.9. The molecule has 5 heteroatoms. The Morgan fingerprint density at radius 2 is 2.09 bits per heavy atom. The van der Waals surface area contributed by atoms with Crippen LogP contribution in [-0.4, -0.2) is 26.2 Å². The Bertz CT molecular complexity index is 715. The van der Waals surface area contributed by atoms with E-state index in [1.807, 2.05) is 24.3 Å². The first kappa shape index (κ1) is 14.3. The number of hydrogen-bond donors (Lipinski definition) is 1. The van der Waals surface area contributed by atoms with Gasteiger partial charge in [-0.2, -0.15) is 0 Å². The minimum Gasteiger partial charge on any atom is -0.497 e. The number of methoxy groups -OCH3 is 1. The van der Waals surface area contributed by atoms with Gasteiger partial charge in [0, 0.05) is 25.2 Å². The number of ether oxygens (including phenoxy) is 2. The molecule has 22 heavy (non-hydrogen) atoms. The molecule has 0 saturated carbocycles. The van der Waals surface area contributed by atoms with E-state index in [1.165, 1.54) is 0 Å². The maximum absolute atomic E-state index is 12.5. The number of hydrogen-bond acceptors (Lipinski definition) is 4. The number of likely N-dealkylation sites (N-methyl/N-ethyl adjacent to an activating group) is 1. The molecule has 2 aromatic carbocycles. The fourth-order valence-electron chi connectivity index (χ4n) is 2.58. The van der Waals surface area contributed by atoms with E-state index >= 15 is 0 Å². The van der Waals surface area contributed by atoms with Gasteiger partial charge in [0.05, 0.1) is 12.8 Å². The fraction of sp³-hybridized carbons (Fsp3) is 0.235. The number of rotatable bonds is 3. The number of carbonyl (C=O) groups excluding carboxylic acids is 1. The van der Waals surface area contributed by atoms with Gasteiger partial charge in [0.15, 0.2) is 6.10 Å². The molecule has 1 heterocycles. The Labute approximate surface area is 129 Å². The van der Waals surface area contributed by atoms with Crippen molar-refractivity contribution in [2.24, 2.45) is 0 Å². The van der Waals surface area contributed by atoms with Crippen molar-refractivity contribution in [3.8, 4) is 11.5 Å². The van der Waals surface area contributed by atoms with E-state index in [0.717, 1.165) is 17.0 Å². The molecule has 114 valence electrons. The Hall–Kier alpha value is -2.69. The van der Waals surface area contributed by atoms with Crippen molar-refractivity contribution in [3.05, 3.63) is 48.0 Å². The zero-order valence-electron chi connectivity index (χ0n) is 12.6. The van der Waals surface area contributed by atoms with E-state index in [1.54, 1.807) is 37.3 Å². The van der Waals surface area contributed by atoms with Gasteiger partial charge in [0.1, 0.15) is 11.5 Å². The van der Waals surface area contributed by atoms with Crippen LogP contribution in [0.25, 0.3) is 0 Å². The summed E-state index contributed by atoms with van der Waals surface area (Å²) in [6.45, 7) is 0. The van der Waals surface area contributed by atoms with Crippen LogP contribution >= 0.6 is 0 Å². The van der Waals surface area contributed by atoms with E-state index in [-0.39, 0.29) is 5.91 Å². The molecular formula is C17H18N2O3. The first-order valence-electron chi connectivity index (χ1n) is 7.05. The van der Waals surface area contributed by atoms with E-state index in [9.17, 15) is 4.79 Å². The Morgan fingerprint density at radius 3 is 2.86 bits per heavy atom. The molecule has 0 aliphatic carbocycles. The number of anilines is 2. The normalized spacial score (nSPS) is 16.9. The number of nitrogens with zero attached hydrogens (tertiary/aromatic N) is 1. The highest BCUT2D eigenvalue weighted by atomic mass is 16.5. The third-order valence-electron chi connectivity index (χ3n) is 3.78. The molecule has 0 spiro atoms. The minimum absolute atomic E-state index is 0.0694. The van der Waals surface area contributed by atoms with Crippen LogP contribution in [0, 0.1) is 0 Å². The van der Waals surface area contributed by atoms with Crippen LogP contribution in [0.3, 0.4) is 0 Å². The molecule has 0 saturated heterocycles. The summed E-state index contributed by atoms with van der Waals surface area (Å²) >= 11 is 0. The summed E-state index contributed by atoms with van der Waals surface area (Å²) in [7, 11) is 3.37. The third-order valence-corrected chi connectivity index (χ3v) is 3.78. The van der Waals surface area contributed by atoms with Crippen molar-refractivity contribution in [2.75, 3.05) is 24.8 Å². The smallest absolute Gasteiger partial charge is 0.268 e. The number of fused-ring (bicyclic) bond motifs is 1. The van der Waals surface area contributed by atoms with Crippen molar-refractivity contribution in [3.63, 3.8) is 0 Å². The Balaban J connectivity index is 1.87. The number of amides is 1. The standard InChI is InChI=1S/C17H18N2O3/c1-19-14-7-6-12(18)10-15(14)22-16(17(19)20)9-11-4-3-5-13(8-11)21-2/h3-8,10,16H,9,18H2,1-2H3. The molecule has 3 rings (SSSR count). The van der Waals surface area contributed by atoms with Crippen molar-refractivity contribution in [2.45, 2.75) is 12.5 Å². The Morgan fingerprint density at radius 1 is 1.27 bits per heavy atom. The van der Waals surface area contributed by atoms with Gasteiger partial charge in [-0.1, -0.05) is 12.1 Å². The average Bonchev–Trinajstić information content (AvgIpc) is 2.52. The van der Waals surface area contributed by atoms with Gasteiger partial charge >= 0.3 is 0 Å².